The third-order valence-corrected chi connectivity index (χ3v) is 2.03. The Morgan fingerprint density at radius 1 is 1.22 bits per heavy atom. The van der Waals surface area contributed by atoms with Gasteiger partial charge in [-0.05, 0) is 18.2 Å². The summed E-state index contributed by atoms with van der Waals surface area (Å²) in [6.45, 7) is 0. The maximum absolute atomic E-state index is 13.2. The Hall–Kier alpha value is -1.44. The highest BCUT2D eigenvalue weighted by atomic mass is 19.4. The van der Waals surface area contributed by atoms with Crippen LogP contribution in [0.1, 0.15) is 18.0 Å². The molecule has 0 radical (unpaired) electrons. The molecule has 0 saturated carbocycles. The molecular formula is C10H9F6NO. The first-order valence-electron chi connectivity index (χ1n) is 4.78. The summed E-state index contributed by atoms with van der Waals surface area (Å²) in [6.07, 6.45) is -8.58. The van der Waals surface area contributed by atoms with Crippen LogP contribution in [0.4, 0.5) is 26.3 Å². The molecule has 1 atom stereocenters. The molecular weight excluding hydrogens is 264 g/mol. The maximum atomic E-state index is 13.2. The van der Waals surface area contributed by atoms with Gasteiger partial charge in [0.1, 0.15) is 11.6 Å². The second kappa shape index (κ2) is 5.47. The number of hydrogen-bond donors (Lipinski definition) is 1. The molecule has 8 heteroatoms. The molecule has 1 rings (SSSR count). The van der Waals surface area contributed by atoms with Gasteiger partial charge in [0.25, 0.3) is 0 Å². The van der Waals surface area contributed by atoms with Crippen LogP contribution in [0.25, 0.3) is 0 Å². The lowest BCUT2D eigenvalue weighted by atomic mass is 10.0. The van der Waals surface area contributed by atoms with Crippen molar-refractivity contribution in [2.75, 3.05) is 0 Å². The van der Waals surface area contributed by atoms with E-state index >= 15 is 0 Å². The summed E-state index contributed by atoms with van der Waals surface area (Å²) in [4.78, 5) is 0. The Morgan fingerprint density at radius 3 is 2.33 bits per heavy atom. The first-order valence-corrected chi connectivity index (χ1v) is 4.78. The molecule has 0 aliphatic carbocycles. The Labute approximate surface area is 98.3 Å². The van der Waals surface area contributed by atoms with Crippen LogP contribution in [0.5, 0.6) is 5.75 Å². The van der Waals surface area contributed by atoms with Gasteiger partial charge in [-0.2, -0.15) is 0 Å². The van der Waals surface area contributed by atoms with Gasteiger partial charge in [-0.1, -0.05) is 0 Å². The fraction of sp³-hybridized carbons (Fsp3) is 0.400. The topological polar surface area (TPSA) is 35.2 Å². The molecule has 0 spiro atoms. The second-order valence-electron chi connectivity index (χ2n) is 3.46. The minimum absolute atomic E-state index is 0.447. The van der Waals surface area contributed by atoms with E-state index in [2.05, 4.69) is 4.74 Å². The number of halogens is 6. The van der Waals surface area contributed by atoms with E-state index in [0.717, 1.165) is 6.07 Å². The minimum atomic E-state index is -4.94. The van der Waals surface area contributed by atoms with Gasteiger partial charge in [0.2, 0.25) is 6.43 Å². The number of alkyl halides is 5. The average Bonchev–Trinajstić information content (AvgIpc) is 2.17. The van der Waals surface area contributed by atoms with E-state index < -0.39 is 42.4 Å². The molecule has 0 fully saturated rings. The van der Waals surface area contributed by atoms with E-state index in [9.17, 15) is 26.3 Å². The summed E-state index contributed by atoms with van der Waals surface area (Å²) < 4.78 is 76.7. The Morgan fingerprint density at radius 2 is 1.83 bits per heavy atom. The van der Waals surface area contributed by atoms with E-state index in [0.29, 0.717) is 12.1 Å². The Bertz CT molecular complexity index is 406. The molecule has 2 N–H and O–H groups in total. The molecule has 0 aliphatic rings. The summed E-state index contributed by atoms with van der Waals surface area (Å²) in [7, 11) is 0. The summed E-state index contributed by atoms with van der Waals surface area (Å²) in [5.74, 6) is -1.67. The number of ether oxygens (including phenoxy) is 1. The summed E-state index contributed by atoms with van der Waals surface area (Å²) >= 11 is 0. The van der Waals surface area contributed by atoms with Crippen molar-refractivity contribution in [3.8, 4) is 5.75 Å². The Balaban J connectivity index is 2.94. The molecule has 0 aromatic heterocycles. The smallest absolute Gasteiger partial charge is 0.406 e. The van der Waals surface area contributed by atoms with Gasteiger partial charge in [-0.15, -0.1) is 13.2 Å². The Kier molecular flexibility index (Phi) is 4.44. The fourth-order valence-electron chi connectivity index (χ4n) is 1.32. The van der Waals surface area contributed by atoms with Gasteiger partial charge in [-0.25, -0.2) is 13.2 Å². The SMILES string of the molecule is N[C@@H](CC(F)F)c1cc(OC(F)(F)F)ccc1F. The molecule has 1 aromatic rings. The van der Waals surface area contributed by atoms with E-state index in [-0.39, 0.29) is 0 Å². The second-order valence-corrected chi connectivity index (χ2v) is 3.46. The highest BCUT2D eigenvalue weighted by Gasteiger charge is 2.31. The van der Waals surface area contributed by atoms with E-state index in [4.69, 9.17) is 5.73 Å². The molecule has 18 heavy (non-hydrogen) atoms. The van der Waals surface area contributed by atoms with Gasteiger partial charge >= 0.3 is 6.36 Å². The third kappa shape index (κ3) is 4.44. The lowest BCUT2D eigenvalue weighted by Crippen LogP contribution is -2.19. The van der Waals surface area contributed by atoms with Crippen LogP contribution in [-0.4, -0.2) is 12.8 Å². The number of nitrogens with two attached hydrogens (primary N) is 1. The normalized spacial score (nSPS) is 13.8. The van der Waals surface area contributed by atoms with Crippen LogP contribution in [0, 0.1) is 5.82 Å². The molecule has 2 nitrogen and oxygen atoms in total. The maximum Gasteiger partial charge on any atom is 0.573 e. The van der Waals surface area contributed by atoms with Crippen LogP contribution >= 0.6 is 0 Å². The highest BCUT2D eigenvalue weighted by Crippen LogP contribution is 2.28. The quantitative estimate of drug-likeness (QED) is 0.853. The van der Waals surface area contributed by atoms with Gasteiger partial charge in [-0.3, -0.25) is 0 Å². The van der Waals surface area contributed by atoms with Crippen LogP contribution in [0.3, 0.4) is 0 Å². The van der Waals surface area contributed by atoms with Crippen molar-refractivity contribution >= 4 is 0 Å². The first kappa shape index (κ1) is 14.6. The molecule has 0 aliphatic heterocycles. The summed E-state index contributed by atoms with van der Waals surface area (Å²) in [5.41, 5.74) is 4.83. The van der Waals surface area contributed by atoms with Gasteiger partial charge in [0, 0.05) is 18.0 Å². The molecule has 1 aromatic carbocycles. The van der Waals surface area contributed by atoms with Crippen molar-refractivity contribution in [2.24, 2.45) is 5.73 Å². The molecule has 102 valence electrons. The van der Waals surface area contributed by atoms with Crippen molar-refractivity contribution < 1.29 is 31.1 Å². The van der Waals surface area contributed by atoms with E-state index in [1.807, 2.05) is 0 Å². The van der Waals surface area contributed by atoms with Crippen LogP contribution in [-0.2, 0) is 0 Å². The zero-order valence-electron chi connectivity index (χ0n) is 8.85. The van der Waals surface area contributed by atoms with Gasteiger partial charge < -0.3 is 10.5 Å². The molecule has 0 unspecified atom stereocenters. The number of benzene rings is 1. The fourth-order valence-corrected chi connectivity index (χ4v) is 1.32. The zero-order chi connectivity index (χ0) is 13.9. The highest BCUT2D eigenvalue weighted by molar-refractivity contribution is 5.32. The largest absolute Gasteiger partial charge is 0.573 e. The molecule has 0 saturated heterocycles. The van der Waals surface area contributed by atoms with Gasteiger partial charge in [0.05, 0.1) is 0 Å². The average molecular weight is 273 g/mol. The summed E-state index contributed by atoms with van der Waals surface area (Å²) in [5, 5.41) is 0. The van der Waals surface area contributed by atoms with Gasteiger partial charge in [0.15, 0.2) is 0 Å². The van der Waals surface area contributed by atoms with E-state index in [1.54, 1.807) is 0 Å². The number of rotatable bonds is 4. The third-order valence-electron chi connectivity index (χ3n) is 2.03. The van der Waals surface area contributed by atoms with Crippen molar-refractivity contribution in [3.05, 3.63) is 29.6 Å². The molecule has 0 heterocycles. The number of hydrogen-bond acceptors (Lipinski definition) is 2. The van der Waals surface area contributed by atoms with E-state index in [1.165, 1.54) is 0 Å². The molecule has 0 amide bonds. The van der Waals surface area contributed by atoms with Crippen molar-refractivity contribution in [1.29, 1.82) is 0 Å². The monoisotopic (exact) mass is 273 g/mol. The predicted molar refractivity (Wildman–Crippen MR) is 50.6 cm³/mol. The predicted octanol–water partition coefficient (Wildman–Crippen LogP) is 3.38. The first-order chi connectivity index (χ1) is 8.19. The lowest BCUT2D eigenvalue weighted by Gasteiger charge is -2.15. The van der Waals surface area contributed by atoms with Crippen LogP contribution in [0.2, 0.25) is 0 Å². The standard InChI is InChI=1S/C10H9F6NO/c11-7-2-1-5(18-10(14,15)16)3-6(7)8(17)4-9(12)13/h1-3,8-9H,4,17H2/t8-/m0/s1. The lowest BCUT2D eigenvalue weighted by molar-refractivity contribution is -0.274. The summed E-state index contributed by atoms with van der Waals surface area (Å²) in [6, 6.07) is 0.681. The minimum Gasteiger partial charge on any atom is -0.406 e. The van der Waals surface area contributed by atoms with Crippen molar-refractivity contribution in [2.45, 2.75) is 25.3 Å². The molecule has 0 bridgehead atoms. The van der Waals surface area contributed by atoms with Crippen molar-refractivity contribution in [1.82, 2.24) is 0 Å². The van der Waals surface area contributed by atoms with Crippen molar-refractivity contribution in [3.63, 3.8) is 0 Å². The van der Waals surface area contributed by atoms with Crippen LogP contribution < -0.4 is 10.5 Å². The van der Waals surface area contributed by atoms with Crippen LogP contribution in [0.15, 0.2) is 18.2 Å². The zero-order valence-corrected chi connectivity index (χ0v) is 8.85.